The van der Waals surface area contributed by atoms with Crippen LogP contribution in [0, 0.1) is 0 Å². The van der Waals surface area contributed by atoms with Crippen molar-refractivity contribution in [1.82, 2.24) is 0 Å². The van der Waals surface area contributed by atoms with Crippen molar-refractivity contribution in [3.63, 3.8) is 0 Å². The second-order valence-electron chi connectivity index (χ2n) is 10.3. The summed E-state index contributed by atoms with van der Waals surface area (Å²) in [7, 11) is 0. The Kier molecular flexibility index (Phi) is 25.4. The van der Waals surface area contributed by atoms with Crippen LogP contribution in [0.15, 0.2) is 12.2 Å². The van der Waals surface area contributed by atoms with Crippen LogP contribution < -0.4 is 0 Å². The molecular weight excluding hydrogens is 480 g/mol. The number of carbonyl (C=O) groups excluding carboxylic acids is 3. The summed E-state index contributed by atoms with van der Waals surface area (Å²) < 4.78 is 16.5. The molecule has 0 rings (SSSR count). The van der Waals surface area contributed by atoms with Crippen LogP contribution in [0.25, 0.3) is 0 Å². The summed E-state index contributed by atoms with van der Waals surface area (Å²) in [5.41, 5.74) is 0. The zero-order chi connectivity index (χ0) is 28.3. The Morgan fingerprint density at radius 2 is 1.00 bits per heavy atom. The number of unbranched alkanes of at least 4 members (excludes halogenated alkanes) is 12. The van der Waals surface area contributed by atoms with E-state index in [0.717, 1.165) is 44.9 Å². The molecule has 222 valence electrons. The van der Waals surface area contributed by atoms with Gasteiger partial charge in [-0.25, -0.2) is 0 Å². The molecule has 2 unspecified atom stereocenters. The third-order valence-electron chi connectivity index (χ3n) is 6.64. The Bertz CT molecular complexity index is 615. The van der Waals surface area contributed by atoms with Crippen molar-refractivity contribution in [3.05, 3.63) is 12.2 Å². The molecule has 0 aromatic carbocycles. The molecule has 0 saturated carbocycles. The zero-order valence-electron chi connectivity index (χ0n) is 25.1. The summed E-state index contributed by atoms with van der Waals surface area (Å²) in [4.78, 5) is 37.3. The van der Waals surface area contributed by atoms with Crippen LogP contribution in [0.3, 0.4) is 0 Å². The first kappa shape index (κ1) is 36.1. The normalized spacial score (nSPS) is 12.8. The van der Waals surface area contributed by atoms with Crippen LogP contribution in [0.5, 0.6) is 0 Å². The van der Waals surface area contributed by atoms with Crippen molar-refractivity contribution in [2.75, 3.05) is 6.61 Å². The van der Waals surface area contributed by atoms with Crippen molar-refractivity contribution in [1.29, 1.82) is 0 Å². The topological polar surface area (TPSA) is 78.9 Å². The summed E-state index contributed by atoms with van der Waals surface area (Å²) in [6.45, 7) is 8.51. The molecule has 0 aromatic rings. The Morgan fingerprint density at radius 1 is 0.553 bits per heavy atom. The van der Waals surface area contributed by atoms with Gasteiger partial charge >= 0.3 is 17.9 Å². The highest BCUT2D eigenvalue weighted by Gasteiger charge is 2.23. The fraction of sp³-hybridized carbons (Fsp3) is 0.844. The van der Waals surface area contributed by atoms with Crippen LogP contribution in [0.2, 0.25) is 0 Å². The van der Waals surface area contributed by atoms with E-state index in [9.17, 15) is 14.4 Å². The fourth-order valence-corrected chi connectivity index (χ4v) is 4.47. The second-order valence-corrected chi connectivity index (χ2v) is 10.3. The first-order valence-corrected chi connectivity index (χ1v) is 15.7. The number of hydrogen-bond donors (Lipinski definition) is 0. The monoisotopic (exact) mass is 538 g/mol. The lowest BCUT2D eigenvalue weighted by Crippen LogP contribution is -2.27. The van der Waals surface area contributed by atoms with E-state index in [4.69, 9.17) is 14.2 Å². The van der Waals surface area contributed by atoms with Gasteiger partial charge in [0.1, 0.15) is 12.2 Å². The molecule has 2 atom stereocenters. The van der Waals surface area contributed by atoms with Crippen molar-refractivity contribution in [3.8, 4) is 0 Å². The highest BCUT2D eigenvalue weighted by atomic mass is 16.6. The summed E-state index contributed by atoms with van der Waals surface area (Å²) in [6.07, 6.45) is 21.4. The molecule has 0 radical (unpaired) electrons. The van der Waals surface area contributed by atoms with E-state index in [1.807, 2.05) is 19.1 Å². The van der Waals surface area contributed by atoms with Crippen LogP contribution >= 0.6 is 0 Å². The van der Waals surface area contributed by atoms with Gasteiger partial charge in [-0.1, -0.05) is 110 Å². The van der Waals surface area contributed by atoms with Gasteiger partial charge in [-0.05, 0) is 39.0 Å². The van der Waals surface area contributed by atoms with Gasteiger partial charge in [-0.2, -0.15) is 0 Å². The molecule has 0 aliphatic rings. The first-order valence-electron chi connectivity index (χ1n) is 15.7. The zero-order valence-corrected chi connectivity index (χ0v) is 25.1. The van der Waals surface area contributed by atoms with Crippen LogP contribution in [0.1, 0.15) is 156 Å². The standard InChI is InChI=1S/C32H58O6/c1-5-9-12-14-16-18-21-23-28(26-31(34)36-8-4)38-32(35)27-29(37-30(33)25-20-11-7-3)24-22-19-17-15-13-10-6-2/h11,20,28-29H,5-10,12-19,21-27H2,1-4H3/b20-11+. The van der Waals surface area contributed by atoms with Gasteiger partial charge in [0.15, 0.2) is 0 Å². The molecule has 0 N–H and O–H groups in total. The van der Waals surface area contributed by atoms with Crippen molar-refractivity contribution >= 4 is 17.9 Å². The minimum absolute atomic E-state index is 0.0232. The number of hydrogen-bond acceptors (Lipinski definition) is 6. The maximum Gasteiger partial charge on any atom is 0.309 e. The number of ether oxygens (including phenoxy) is 3. The molecule has 0 heterocycles. The van der Waals surface area contributed by atoms with E-state index in [0.29, 0.717) is 19.4 Å². The Morgan fingerprint density at radius 3 is 1.47 bits per heavy atom. The summed E-state index contributed by atoms with van der Waals surface area (Å²) >= 11 is 0. The Balaban J connectivity index is 4.86. The van der Waals surface area contributed by atoms with Gasteiger partial charge in [0.25, 0.3) is 0 Å². The first-order chi connectivity index (χ1) is 18.5. The Labute approximate surface area is 233 Å². The maximum atomic E-state index is 12.9. The smallest absolute Gasteiger partial charge is 0.309 e. The summed E-state index contributed by atoms with van der Waals surface area (Å²) in [5.74, 6) is -1.07. The molecule has 0 fully saturated rings. The summed E-state index contributed by atoms with van der Waals surface area (Å²) in [5, 5.41) is 0. The highest BCUT2D eigenvalue weighted by Crippen LogP contribution is 2.18. The van der Waals surface area contributed by atoms with Gasteiger partial charge in [0.2, 0.25) is 0 Å². The quantitative estimate of drug-likeness (QED) is 0.0474. The van der Waals surface area contributed by atoms with Crippen molar-refractivity contribution in [2.45, 2.75) is 168 Å². The lowest BCUT2D eigenvalue weighted by Gasteiger charge is -2.21. The van der Waals surface area contributed by atoms with Gasteiger partial charge in [0, 0.05) is 0 Å². The van der Waals surface area contributed by atoms with Crippen molar-refractivity contribution in [2.24, 2.45) is 0 Å². The average molecular weight is 539 g/mol. The van der Waals surface area contributed by atoms with E-state index in [1.54, 1.807) is 6.92 Å². The predicted octanol–water partition coefficient (Wildman–Crippen LogP) is 8.79. The van der Waals surface area contributed by atoms with Gasteiger partial charge in [-0.15, -0.1) is 0 Å². The molecule has 0 aliphatic carbocycles. The molecule has 0 amide bonds. The van der Waals surface area contributed by atoms with Gasteiger partial charge in [0.05, 0.1) is 25.9 Å². The largest absolute Gasteiger partial charge is 0.466 e. The molecule has 0 aliphatic heterocycles. The fourth-order valence-electron chi connectivity index (χ4n) is 4.47. The minimum Gasteiger partial charge on any atom is -0.466 e. The van der Waals surface area contributed by atoms with Gasteiger partial charge < -0.3 is 14.2 Å². The second kappa shape index (κ2) is 26.7. The highest BCUT2D eigenvalue weighted by molar-refractivity contribution is 5.74. The van der Waals surface area contributed by atoms with E-state index in [-0.39, 0.29) is 31.2 Å². The molecular formula is C32H58O6. The van der Waals surface area contributed by atoms with E-state index >= 15 is 0 Å². The number of allylic oxidation sites excluding steroid dienone is 1. The number of carbonyl (C=O) groups is 3. The average Bonchev–Trinajstić information content (AvgIpc) is 2.87. The lowest BCUT2D eigenvalue weighted by molar-refractivity contribution is -0.160. The van der Waals surface area contributed by atoms with Crippen LogP contribution in [-0.4, -0.2) is 36.7 Å². The third-order valence-corrected chi connectivity index (χ3v) is 6.64. The molecule has 38 heavy (non-hydrogen) atoms. The number of esters is 3. The predicted molar refractivity (Wildman–Crippen MR) is 155 cm³/mol. The number of rotatable bonds is 26. The minimum atomic E-state index is -0.500. The maximum absolute atomic E-state index is 12.9. The SMILES string of the molecule is CC/C=C/CC(=O)OC(CCCCCCCCC)CC(=O)OC(CCCCCCCCC)CC(=O)OCC. The molecule has 0 spiro atoms. The molecule has 6 heteroatoms. The van der Waals surface area contributed by atoms with E-state index in [2.05, 4.69) is 13.8 Å². The molecule has 0 saturated heterocycles. The summed E-state index contributed by atoms with van der Waals surface area (Å²) in [6, 6.07) is 0. The molecule has 0 bridgehead atoms. The van der Waals surface area contributed by atoms with Crippen LogP contribution in [-0.2, 0) is 28.6 Å². The van der Waals surface area contributed by atoms with Crippen LogP contribution in [0.4, 0.5) is 0 Å². The third kappa shape index (κ3) is 23.3. The molecule has 6 nitrogen and oxygen atoms in total. The lowest BCUT2D eigenvalue weighted by atomic mass is 10.0. The molecule has 0 aromatic heterocycles. The van der Waals surface area contributed by atoms with E-state index in [1.165, 1.54) is 51.4 Å². The van der Waals surface area contributed by atoms with E-state index < -0.39 is 18.2 Å². The Hall–Kier alpha value is -1.85. The van der Waals surface area contributed by atoms with Crippen molar-refractivity contribution < 1.29 is 28.6 Å². The van der Waals surface area contributed by atoms with Gasteiger partial charge in [-0.3, -0.25) is 14.4 Å².